The van der Waals surface area contributed by atoms with Crippen LogP contribution in [0.25, 0.3) is 0 Å². The van der Waals surface area contributed by atoms with Gasteiger partial charge in [0.2, 0.25) is 0 Å². The number of alkyl halides is 1. The Kier molecular flexibility index (Phi) is 4.13. The van der Waals surface area contributed by atoms with Crippen LogP contribution in [0.5, 0.6) is 0 Å². The van der Waals surface area contributed by atoms with Gasteiger partial charge in [-0.2, -0.15) is 0 Å². The molecule has 2 atom stereocenters. The molecule has 1 unspecified atom stereocenters. The van der Waals surface area contributed by atoms with Gasteiger partial charge in [0.25, 0.3) is 0 Å². The van der Waals surface area contributed by atoms with Gasteiger partial charge in [0.15, 0.2) is 0 Å². The van der Waals surface area contributed by atoms with Crippen molar-refractivity contribution in [2.45, 2.75) is 45.1 Å². The molecule has 94 valence electrons. The summed E-state index contributed by atoms with van der Waals surface area (Å²) in [6.45, 7) is 5.90. The van der Waals surface area contributed by atoms with Crippen LogP contribution in [0.4, 0.5) is 9.18 Å². The molecule has 1 heterocycles. The van der Waals surface area contributed by atoms with Crippen molar-refractivity contribution in [3.8, 4) is 0 Å². The maximum atomic E-state index is 13.5. The number of likely N-dealkylation sites (tertiary alicyclic amines) is 1. The largest absolute Gasteiger partial charge is 0.444 e. The first-order valence-corrected chi connectivity index (χ1v) is 5.48. The van der Waals surface area contributed by atoms with Gasteiger partial charge in [-0.3, -0.25) is 0 Å². The van der Waals surface area contributed by atoms with Crippen LogP contribution in [-0.2, 0) is 9.47 Å². The van der Waals surface area contributed by atoms with E-state index in [1.165, 1.54) is 12.0 Å². The molecule has 0 bridgehead atoms. The van der Waals surface area contributed by atoms with Crippen molar-refractivity contribution in [1.29, 1.82) is 0 Å². The second kappa shape index (κ2) is 4.99. The first-order valence-electron chi connectivity index (χ1n) is 5.48. The lowest BCUT2D eigenvalue weighted by Crippen LogP contribution is -2.49. The summed E-state index contributed by atoms with van der Waals surface area (Å²) in [4.78, 5) is 13.0. The average Bonchev–Trinajstić information content (AvgIpc) is 2.15. The van der Waals surface area contributed by atoms with Crippen molar-refractivity contribution < 1.29 is 18.7 Å². The Morgan fingerprint density at radius 2 is 2.06 bits per heavy atom. The van der Waals surface area contributed by atoms with E-state index in [1.807, 2.05) is 0 Å². The lowest BCUT2D eigenvalue weighted by atomic mass is 10.1. The number of ether oxygens (including phenoxy) is 2. The van der Waals surface area contributed by atoms with E-state index in [0.717, 1.165) is 0 Å². The average molecular weight is 233 g/mol. The molecule has 0 spiro atoms. The molecule has 0 aliphatic carbocycles. The predicted molar refractivity (Wildman–Crippen MR) is 58.1 cm³/mol. The van der Waals surface area contributed by atoms with Crippen LogP contribution in [0.15, 0.2) is 0 Å². The quantitative estimate of drug-likeness (QED) is 0.695. The molecule has 1 fully saturated rings. The number of carbonyl (C=O) groups excluding carboxylic acids is 1. The topological polar surface area (TPSA) is 38.8 Å². The number of piperidine rings is 1. The number of methoxy groups -OCH3 is 1. The maximum absolute atomic E-state index is 13.5. The van der Waals surface area contributed by atoms with Gasteiger partial charge in [0.05, 0.1) is 12.6 Å². The first-order chi connectivity index (χ1) is 7.33. The zero-order chi connectivity index (χ0) is 12.3. The fourth-order valence-corrected chi connectivity index (χ4v) is 1.64. The molecule has 1 rings (SSSR count). The van der Waals surface area contributed by atoms with Gasteiger partial charge in [-0.05, 0) is 27.2 Å². The molecule has 0 aromatic rings. The van der Waals surface area contributed by atoms with E-state index in [-0.39, 0.29) is 6.54 Å². The standard InChI is InChI=1S/C11H20FNO3/c1-11(2,3)16-10(14)13-6-5-9(15-4)8(12)7-13/h8-9H,5-7H2,1-4H3/t8-,9?/m0/s1. The van der Waals surface area contributed by atoms with Crippen molar-refractivity contribution in [3.63, 3.8) is 0 Å². The van der Waals surface area contributed by atoms with Gasteiger partial charge < -0.3 is 14.4 Å². The molecule has 0 aromatic heterocycles. The van der Waals surface area contributed by atoms with Crippen molar-refractivity contribution in [2.24, 2.45) is 0 Å². The lowest BCUT2D eigenvalue weighted by molar-refractivity contribution is -0.0340. The number of carbonyl (C=O) groups is 1. The van der Waals surface area contributed by atoms with E-state index < -0.39 is 24.0 Å². The van der Waals surface area contributed by atoms with Crippen LogP contribution in [-0.4, -0.2) is 49.1 Å². The summed E-state index contributed by atoms with van der Waals surface area (Å²) < 4.78 is 23.7. The normalized spacial score (nSPS) is 26.7. The Bertz CT molecular complexity index is 252. The van der Waals surface area contributed by atoms with E-state index in [9.17, 15) is 9.18 Å². The number of amides is 1. The molecule has 0 N–H and O–H groups in total. The first kappa shape index (κ1) is 13.2. The van der Waals surface area contributed by atoms with Crippen LogP contribution in [0, 0.1) is 0 Å². The van der Waals surface area contributed by atoms with Gasteiger partial charge in [0, 0.05) is 13.7 Å². The van der Waals surface area contributed by atoms with Crippen LogP contribution >= 0.6 is 0 Å². The van der Waals surface area contributed by atoms with E-state index in [1.54, 1.807) is 20.8 Å². The van der Waals surface area contributed by atoms with Crippen LogP contribution < -0.4 is 0 Å². The molecule has 4 nitrogen and oxygen atoms in total. The fourth-order valence-electron chi connectivity index (χ4n) is 1.64. The molecule has 0 radical (unpaired) electrons. The second-order valence-corrected chi connectivity index (χ2v) is 5.01. The second-order valence-electron chi connectivity index (χ2n) is 5.01. The zero-order valence-corrected chi connectivity index (χ0v) is 10.3. The monoisotopic (exact) mass is 233 g/mol. The van der Waals surface area contributed by atoms with Crippen molar-refractivity contribution in [2.75, 3.05) is 20.2 Å². The minimum atomic E-state index is -1.13. The number of halogens is 1. The number of nitrogens with zero attached hydrogens (tertiary/aromatic N) is 1. The van der Waals surface area contributed by atoms with E-state index in [0.29, 0.717) is 13.0 Å². The summed E-state index contributed by atoms with van der Waals surface area (Å²) in [6.07, 6.45) is -1.48. The van der Waals surface area contributed by atoms with E-state index >= 15 is 0 Å². The Morgan fingerprint density at radius 3 is 2.50 bits per heavy atom. The van der Waals surface area contributed by atoms with Crippen molar-refractivity contribution in [1.82, 2.24) is 4.90 Å². The van der Waals surface area contributed by atoms with Gasteiger partial charge in [-0.15, -0.1) is 0 Å². The Morgan fingerprint density at radius 1 is 1.44 bits per heavy atom. The third kappa shape index (κ3) is 3.63. The van der Waals surface area contributed by atoms with Gasteiger partial charge >= 0.3 is 6.09 Å². The van der Waals surface area contributed by atoms with Crippen LogP contribution in [0.1, 0.15) is 27.2 Å². The van der Waals surface area contributed by atoms with E-state index in [2.05, 4.69) is 0 Å². The molecule has 1 amide bonds. The summed E-state index contributed by atoms with van der Waals surface area (Å²) in [7, 11) is 1.49. The summed E-state index contributed by atoms with van der Waals surface area (Å²) in [6, 6.07) is 0. The predicted octanol–water partition coefficient (Wildman–Crippen LogP) is 1.98. The molecule has 1 saturated heterocycles. The zero-order valence-electron chi connectivity index (χ0n) is 10.3. The fraction of sp³-hybridized carbons (Fsp3) is 0.909. The number of hydrogen-bond acceptors (Lipinski definition) is 3. The summed E-state index contributed by atoms with van der Waals surface area (Å²) in [5.41, 5.74) is -0.541. The van der Waals surface area contributed by atoms with Gasteiger partial charge in [-0.25, -0.2) is 9.18 Å². The summed E-state index contributed by atoms with van der Waals surface area (Å²) in [5, 5.41) is 0. The van der Waals surface area contributed by atoms with Gasteiger partial charge in [-0.1, -0.05) is 0 Å². The summed E-state index contributed by atoms with van der Waals surface area (Å²) in [5.74, 6) is 0. The van der Waals surface area contributed by atoms with Crippen LogP contribution in [0.3, 0.4) is 0 Å². The summed E-state index contributed by atoms with van der Waals surface area (Å²) >= 11 is 0. The molecule has 16 heavy (non-hydrogen) atoms. The smallest absolute Gasteiger partial charge is 0.410 e. The highest BCUT2D eigenvalue weighted by molar-refractivity contribution is 5.68. The Hall–Kier alpha value is -0.840. The molecule has 0 aromatic carbocycles. The van der Waals surface area contributed by atoms with Crippen molar-refractivity contribution >= 4 is 6.09 Å². The van der Waals surface area contributed by atoms with Crippen molar-refractivity contribution in [3.05, 3.63) is 0 Å². The molecule has 1 aliphatic heterocycles. The minimum absolute atomic E-state index is 0.0490. The molecule has 0 saturated carbocycles. The maximum Gasteiger partial charge on any atom is 0.410 e. The highest BCUT2D eigenvalue weighted by atomic mass is 19.1. The Balaban J connectivity index is 2.48. The lowest BCUT2D eigenvalue weighted by Gasteiger charge is -2.34. The van der Waals surface area contributed by atoms with E-state index in [4.69, 9.17) is 9.47 Å². The minimum Gasteiger partial charge on any atom is -0.444 e. The SMILES string of the molecule is COC1CCN(C(=O)OC(C)(C)C)C[C@@H]1F. The number of rotatable bonds is 1. The number of hydrogen-bond donors (Lipinski definition) is 0. The Labute approximate surface area is 95.7 Å². The molecule has 5 heteroatoms. The molecular weight excluding hydrogens is 213 g/mol. The highest BCUT2D eigenvalue weighted by Crippen LogP contribution is 2.19. The van der Waals surface area contributed by atoms with Crippen LogP contribution in [0.2, 0.25) is 0 Å². The molecule has 1 aliphatic rings. The highest BCUT2D eigenvalue weighted by Gasteiger charge is 2.33. The molecular formula is C11H20FNO3. The third-order valence-corrected chi connectivity index (χ3v) is 2.44. The van der Waals surface area contributed by atoms with Gasteiger partial charge in [0.1, 0.15) is 11.8 Å². The third-order valence-electron chi connectivity index (χ3n) is 2.44.